The van der Waals surface area contributed by atoms with Crippen LogP contribution in [0.1, 0.15) is 25.3 Å². The van der Waals surface area contributed by atoms with E-state index in [2.05, 4.69) is 35.3 Å². The van der Waals surface area contributed by atoms with Gasteiger partial charge in [-0.1, -0.05) is 18.2 Å². The van der Waals surface area contributed by atoms with Gasteiger partial charge in [-0.3, -0.25) is 4.90 Å². The zero-order chi connectivity index (χ0) is 14.5. The predicted molar refractivity (Wildman–Crippen MR) is 83.7 cm³/mol. The Kier molecular flexibility index (Phi) is 5.12. The molecule has 1 saturated carbocycles. The minimum atomic E-state index is 0.341. The number of nitrogens with one attached hydrogen (secondary N) is 1. The molecule has 0 spiro atoms. The first-order valence-corrected chi connectivity index (χ1v) is 8.09. The lowest BCUT2D eigenvalue weighted by molar-refractivity contribution is -0.0214. The number of hydrogen-bond acceptors (Lipinski definition) is 4. The lowest BCUT2D eigenvalue weighted by Crippen LogP contribution is -2.42. The maximum atomic E-state index is 6.01. The Labute approximate surface area is 127 Å². The second kappa shape index (κ2) is 7.25. The summed E-state index contributed by atoms with van der Waals surface area (Å²) in [7, 11) is 0. The molecule has 3 rings (SSSR count). The molecule has 0 bridgehead atoms. The first-order valence-electron chi connectivity index (χ1n) is 8.09. The van der Waals surface area contributed by atoms with Gasteiger partial charge in [0.25, 0.3) is 0 Å². The van der Waals surface area contributed by atoms with Crippen LogP contribution in [0, 0.1) is 0 Å². The van der Waals surface area contributed by atoms with Gasteiger partial charge in [0.2, 0.25) is 0 Å². The first kappa shape index (κ1) is 14.8. The highest BCUT2D eigenvalue weighted by Crippen LogP contribution is 2.22. The molecule has 1 N–H and O–H groups in total. The second-order valence-corrected chi connectivity index (χ2v) is 6.09. The number of rotatable bonds is 7. The van der Waals surface area contributed by atoms with E-state index in [1.165, 1.54) is 18.4 Å². The highest BCUT2D eigenvalue weighted by molar-refractivity contribution is 5.33. The molecule has 0 aromatic heterocycles. The smallest absolute Gasteiger partial charge is 0.123 e. The number of benzene rings is 1. The molecule has 1 heterocycles. The molecule has 116 valence electrons. The third-order valence-corrected chi connectivity index (χ3v) is 4.12. The summed E-state index contributed by atoms with van der Waals surface area (Å²) in [5.74, 6) is 1.02. The Morgan fingerprint density at radius 2 is 2.19 bits per heavy atom. The van der Waals surface area contributed by atoms with Crippen LogP contribution >= 0.6 is 0 Å². The van der Waals surface area contributed by atoms with Crippen LogP contribution in [0.2, 0.25) is 0 Å². The van der Waals surface area contributed by atoms with E-state index < -0.39 is 0 Å². The number of morpholine rings is 1. The van der Waals surface area contributed by atoms with E-state index in [9.17, 15) is 0 Å². The van der Waals surface area contributed by atoms with Gasteiger partial charge < -0.3 is 14.8 Å². The molecule has 1 aliphatic carbocycles. The third-order valence-electron chi connectivity index (χ3n) is 4.12. The van der Waals surface area contributed by atoms with E-state index in [-0.39, 0.29) is 0 Å². The molecule has 1 unspecified atom stereocenters. The molecule has 1 aromatic rings. The Hall–Kier alpha value is -1.10. The van der Waals surface area contributed by atoms with E-state index in [4.69, 9.17) is 9.47 Å². The van der Waals surface area contributed by atoms with Gasteiger partial charge in [0.15, 0.2) is 0 Å². The second-order valence-electron chi connectivity index (χ2n) is 6.09. The SMILES string of the molecule is CC1CN(CCOc2ccccc2CNC2CC2)CCO1. The van der Waals surface area contributed by atoms with Gasteiger partial charge in [-0.25, -0.2) is 0 Å². The van der Waals surface area contributed by atoms with E-state index in [1.54, 1.807) is 0 Å². The van der Waals surface area contributed by atoms with Gasteiger partial charge in [-0.2, -0.15) is 0 Å². The minimum absolute atomic E-state index is 0.341. The molecule has 1 saturated heterocycles. The average Bonchev–Trinajstić information content (AvgIpc) is 3.31. The Morgan fingerprint density at radius 3 is 3.00 bits per heavy atom. The predicted octanol–water partition coefficient (Wildman–Crippen LogP) is 2.04. The molecule has 2 fully saturated rings. The normalized spacial score (nSPS) is 23.2. The highest BCUT2D eigenvalue weighted by atomic mass is 16.5. The lowest BCUT2D eigenvalue weighted by Gasteiger charge is -2.30. The fraction of sp³-hybridized carbons (Fsp3) is 0.647. The Bertz CT molecular complexity index is 448. The van der Waals surface area contributed by atoms with Crippen LogP contribution in [0.3, 0.4) is 0 Å². The van der Waals surface area contributed by atoms with Crippen LogP contribution in [-0.2, 0) is 11.3 Å². The molecular formula is C17H26N2O2. The van der Waals surface area contributed by atoms with Gasteiger partial charge in [-0.15, -0.1) is 0 Å². The van der Waals surface area contributed by atoms with Gasteiger partial charge in [0, 0.05) is 37.8 Å². The van der Waals surface area contributed by atoms with Crippen molar-refractivity contribution in [3.8, 4) is 5.75 Å². The summed E-state index contributed by atoms with van der Waals surface area (Å²) in [5, 5.41) is 3.55. The van der Waals surface area contributed by atoms with Crippen LogP contribution in [0.4, 0.5) is 0 Å². The topological polar surface area (TPSA) is 33.7 Å². The van der Waals surface area contributed by atoms with Crippen molar-refractivity contribution < 1.29 is 9.47 Å². The fourth-order valence-corrected chi connectivity index (χ4v) is 2.71. The molecule has 21 heavy (non-hydrogen) atoms. The molecule has 2 aliphatic rings. The molecule has 4 nitrogen and oxygen atoms in total. The summed E-state index contributed by atoms with van der Waals surface area (Å²) in [4.78, 5) is 2.42. The third kappa shape index (κ3) is 4.70. The monoisotopic (exact) mass is 290 g/mol. The number of ether oxygens (including phenoxy) is 2. The van der Waals surface area contributed by atoms with Crippen LogP contribution in [0.15, 0.2) is 24.3 Å². The summed E-state index contributed by atoms with van der Waals surface area (Å²) in [5.41, 5.74) is 1.26. The van der Waals surface area contributed by atoms with E-state index in [1.807, 2.05) is 6.07 Å². The number of para-hydroxylation sites is 1. The zero-order valence-corrected chi connectivity index (χ0v) is 12.9. The molecule has 1 aliphatic heterocycles. The van der Waals surface area contributed by atoms with E-state index in [0.29, 0.717) is 6.10 Å². The zero-order valence-electron chi connectivity index (χ0n) is 12.9. The molecule has 4 heteroatoms. The van der Waals surface area contributed by atoms with Crippen molar-refractivity contribution in [2.75, 3.05) is 32.8 Å². The standard InChI is InChI=1S/C17H26N2O2/c1-14-13-19(8-10-20-14)9-11-21-17-5-3-2-4-15(17)12-18-16-6-7-16/h2-5,14,16,18H,6-13H2,1H3. The van der Waals surface area contributed by atoms with Crippen molar-refractivity contribution in [1.29, 1.82) is 0 Å². The van der Waals surface area contributed by atoms with Crippen molar-refractivity contribution >= 4 is 0 Å². The van der Waals surface area contributed by atoms with Crippen molar-refractivity contribution in [2.45, 2.75) is 38.5 Å². The number of nitrogens with zero attached hydrogens (tertiary/aromatic N) is 1. The summed E-state index contributed by atoms with van der Waals surface area (Å²) in [6.45, 7) is 7.61. The van der Waals surface area contributed by atoms with Crippen LogP contribution in [0.5, 0.6) is 5.75 Å². The van der Waals surface area contributed by atoms with Gasteiger partial charge in [0.1, 0.15) is 12.4 Å². The van der Waals surface area contributed by atoms with Gasteiger partial charge >= 0.3 is 0 Å². The van der Waals surface area contributed by atoms with E-state index in [0.717, 1.165) is 51.2 Å². The lowest BCUT2D eigenvalue weighted by atomic mass is 10.2. The Morgan fingerprint density at radius 1 is 1.33 bits per heavy atom. The van der Waals surface area contributed by atoms with Gasteiger partial charge in [-0.05, 0) is 25.8 Å². The molecule has 0 radical (unpaired) electrons. The number of hydrogen-bond donors (Lipinski definition) is 1. The molecule has 1 aromatic carbocycles. The highest BCUT2D eigenvalue weighted by Gasteiger charge is 2.20. The Balaban J connectivity index is 1.45. The summed E-state index contributed by atoms with van der Waals surface area (Å²) < 4.78 is 11.6. The summed E-state index contributed by atoms with van der Waals surface area (Å²) >= 11 is 0. The quantitative estimate of drug-likeness (QED) is 0.833. The van der Waals surface area contributed by atoms with Gasteiger partial charge in [0.05, 0.1) is 12.7 Å². The van der Waals surface area contributed by atoms with E-state index >= 15 is 0 Å². The average molecular weight is 290 g/mol. The minimum Gasteiger partial charge on any atom is -0.492 e. The maximum Gasteiger partial charge on any atom is 0.123 e. The maximum absolute atomic E-state index is 6.01. The summed E-state index contributed by atoms with van der Waals surface area (Å²) in [6, 6.07) is 9.09. The first-order chi connectivity index (χ1) is 10.3. The fourth-order valence-electron chi connectivity index (χ4n) is 2.71. The van der Waals surface area contributed by atoms with Crippen molar-refractivity contribution in [1.82, 2.24) is 10.2 Å². The largest absolute Gasteiger partial charge is 0.492 e. The van der Waals surface area contributed by atoms with Crippen molar-refractivity contribution in [3.63, 3.8) is 0 Å². The van der Waals surface area contributed by atoms with Crippen LogP contribution < -0.4 is 10.1 Å². The molecule has 0 amide bonds. The molecule has 1 atom stereocenters. The molecular weight excluding hydrogens is 264 g/mol. The van der Waals surface area contributed by atoms with Crippen LogP contribution in [-0.4, -0.2) is 49.9 Å². The summed E-state index contributed by atoms with van der Waals surface area (Å²) in [6.07, 6.45) is 2.98. The van der Waals surface area contributed by atoms with Crippen molar-refractivity contribution in [2.24, 2.45) is 0 Å². The van der Waals surface area contributed by atoms with Crippen molar-refractivity contribution in [3.05, 3.63) is 29.8 Å². The van der Waals surface area contributed by atoms with Crippen LogP contribution in [0.25, 0.3) is 0 Å².